The Balaban J connectivity index is 3.25. The molecule has 7 nitrogen and oxygen atoms in total. The average Bonchev–Trinajstić information content (AvgIpc) is 2.36. The minimum atomic E-state index is -1.23. The SMILES string of the molecule is CCOC(=O)c1cn(CCCN)c(C(=O)O)cc1=O. The minimum Gasteiger partial charge on any atom is -0.477 e. The van der Waals surface area contributed by atoms with E-state index in [-0.39, 0.29) is 17.9 Å². The maximum atomic E-state index is 11.7. The van der Waals surface area contributed by atoms with Crippen LogP contribution in [0.15, 0.2) is 17.1 Å². The summed E-state index contributed by atoms with van der Waals surface area (Å²) in [6, 6.07) is 0.922. The number of ether oxygens (including phenoxy) is 1. The van der Waals surface area contributed by atoms with E-state index in [9.17, 15) is 14.4 Å². The largest absolute Gasteiger partial charge is 0.477 e. The third-order valence-corrected chi connectivity index (χ3v) is 2.45. The fraction of sp³-hybridized carbons (Fsp3) is 0.417. The number of carboxylic acids is 1. The third-order valence-electron chi connectivity index (χ3n) is 2.45. The standard InChI is InChI=1S/C12H16N2O5/c1-2-19-12(18)8-7-14(5-3-4-13)9(11(16)17)6-10(8)15/h6-7H,2-5,13H2,1H3,(H,16,17). The smallest absolute Gasteiger partial charge is 0.352 e. The quantitative estimate of drug-likeness (QED) is 0.706. The molecular weight excluding hydrogens is 252 g/mol. The number of carbonyl (C=O) groups excluding carboxylic acids is 1. The summed E-state index contributed by atoms with van der Waals surface area (Å²) in [5, 5.41) is 9.02. The van der Waals surface area contributed by atoms with Crippen LogP contribution in [0.3, 0.4) is 0 Å². The van der Waals surface area contributed by atoms with Crippen molar-refractivity contribution in [3.63, 3.8) is 0 Å². The molecule has 0 radical (unpaired) electrons. The van der Waals surface area contributed by atoms with Gasteiger partial charge in [-0.3, -0.25) is 4.79 Å². The molecule has 0 atom stereocenters. The normalized spacial score (nSPS) is 10.2. The number of hydrogen-bond donors (Lipinski definition) is 2. The Labute approximate surface area is 109 Å². The molecule has 0 aliphatic rings. The maximum Gasteiger partial charge on any atom is 0.352 e. The first kappa shape index (κ1) is 14.9. The molecular formula is C12H16N2O5. The van der Waals surface area contributed by atoms with Crippen LogP contribution in [0.5, 0.6) is 0 Å². The molecule has 0 aliphatic carbocycles. The number of aryl methyl sites for hydroxylation is 1. The predicted molar refractivity (Wildman–Crippen MR) is 67.3 cm³/mol. The van der Waals surface area contributed by atoms with Crippen LogP contribution in [0.4, 0.5) is 0 Å². The second kappa shape index (κ2) is 6.69. The number of nitrogens with two attached hydrogens (primary N) is 1. The van der Waals surface area contributed by atoms with Gasteiger partial charge in [0.15, 0.2) is 5.43 Å². The van der Waals surface area contributed by atoms with E-state index < -0.39 is 17.4 Å². The number of hydrogen-bond acceptors (Lipinski definition) is 5. The molecule has 0 saturated heterocycles. The van der Waals surface area contributed by atoms with Gasteiger partial charge >= 0.3 is 11.9 Å². The zero-order valence-electron chi connectivity index (χ0n) is 10.6. The van der Waals surface area contributed by atoms with Gasteiger partial charge in [-0.25, -0.2) is 9.59 Å². The fourth-order valence-corrected chi connectivity index (χ4v) is 1.57. The van der Waals surface area contributed by atoms with Crippen LogP contribution in [0, 0.1) is 0 Å². The molecule has 1 heterocycles. The number of esters is 1. The fourth-order valence-electron chi connectivity index (χ4n) is 1.57. The highest BCUT2D eigenvalue weighted by atomic mass is 16.5. The van der Waals surface area contributed by atoms with E-state index >= 15 is 0 Å². The van der Waals surface area contributed by atoms with E-state index in [2.05, 4.69) is 0 Å². The Morgan fingerprint density at radius 1 is 1.47 bits per heavy atom. The Morgan fingerprint density at radius 3 is 2.68 bits per heavy atom. The number of carbonyl (C=O) groups is 2. The Bertz CT molecular complexity index is 535. The highest BCUT2D eigenvalue weighted by Crippen LogP contribution is 2.04. The number of aromatic carboxylic acids is 1. The number of carboxylic acid groups (broad SMARTS) is 1. The lowest BCUT2D eigenvalue weighted by Crippen LogP contribution is -2.24. The zero-order chi connectivity index (χ0) is 14.4. The van der Waals surface area contributed by atoms with Crippen LogP contribution in [-0.4, -0.2) is 34.8 Å². The molecule has 0 amide bonds. The van der Waals surface area contributed by atoms with Gasteiger partial charge in [-0.1, -0.05) is 0 Å². The first-order chi connectivity index (χ1) is 9.01. The summed E-state index contributed by atoms with van der Waals surface area (Å²) < 4.78 is 6.07. The molecule has 0 fully saturated rings. The zero-order valence-corrected chi connectivity index (χ0v) is 10.6. The second-order valence-corrected chi connectivity index (χ2v) is 3.80. The topological polar surface area (TPSA) is 112 Å². The molecule has 104 valence electrons. The van der Waals surface area contributed by atoms with Gasteiger partial charge in [0.25, 0.3) is 0 Å². The van der Waals surface area contributed by atoms with Gasteiger partial charge in [-0.2, -0.15) is 0 Å². The Hall–Kier alpha value is -2.15. The maximum absolute atomic E-state index is 11.7. The summed E-state index contributed by atoms with van der Waals surface area (Å²) in [5.41, 5.74) is 4.35. The second-order valence-electron chi connectivity index (χ2n) is 3.80. The predicted octanol–water partition coefficient (Wildman–Crippen LogP) is 0.0720. The average molecular weight is 268 g/mol. The number of pyridine rings is 1. The summed E-state index contributed by atoms with van der Waals surface area (Å²) in [4.78, 5) is 34.3. The lowest BCUT2D eigenvalue weighted by atomic mass is 10.2. The van der Waals surface area contributed by atoms with Crippen molar-refractivity contribution in [3.05, 3.63) is 33.7 Å². The Kier molecular flexibility index (Phi) is 5.25. The number of rotatable bonds is 6. The van der Waals surface area contributed by atoms with Crippen molar-refractivity contribution >= 4 is 11.9 Å². The van der Waals surface area contributed by atoms with E-state index in [1.54, 1.807) is 6.92 Å². The van der Waals surface area contributed by atoms with Crippen LogP contribution < -0.4 is 11.2 Å². The van der Waals surface area contributed by atoms with Crippen LogP contribution in [0.2, 0.25) is 0 Å². The lowest BCUT2D eigenvalue weighted by Gasteiger charge is -2.11. The van der Waals surface area contributed by atoms with Crippen LogP contribution in [-0.2, 0) is 11.3 Å². The summed E-state index contributed by atoms with van der Waals surface area (Å²) in [5.74, 6) is -1.99. The van der Waals surface area contributed by atoms with E-state index in [1.807, 2.05) is 0 Å². The van der Waals surface area contributed by atoms with E-state index in [0.717, 1.165) is 6.07 Å². The molecule has 1 aromatic heterocycles. The molecule has 19 heavy (non-hydrogen) atoms. The van der Waals surface area contributed by atoms with Crippen molar-refractivity contribution in [3.8, 4) is 0 Å². The molecule has 0 aliphatic heterocycles. The van der Waals surface area contributed by atoms with Crippen LogP contribution >= 0.6 is 0 Å². The molecule has 0 spiro atoms. The van der Waals surface area contributed by atoms with Crippen molar-refractivity contribution in [2.45, 2.75) is 19.9 Å². The monoisotopic (exact) mass is 268 g/mol. The van der Waals surface area contributed by atoms with Gasteiger partial charge in [-0.05, 0) is 19.9 Å². The van der Waals surface area contributed by atoms with Gasteiger partial charge in [-0.15, -0.1) is 0 Å². The van der Waals surface area contributed by atoms with Gasteiger partial charge in [0.1, 0.15) is 11.3 Å². The lowest BCUT2D eigenvalue weighted by molar-refractivity contribution is 0.0521. The highest BCUT2D eigenvalue weighted by molar-refractivity contribution is 5.91. The third kappa shape index (κ3) is 3.65. The summed E-state index contributed by atoms with van der Waals surface area (Å²) >= 11 is 0. The first-order valence-corrected chi connectivity index (χ1v) is 5.86. The van der Waals surface area contributed by atoms with E-state index in [4.69, 9.17) is 15.6 Å². The van der Waals surface area contributed by atoms with Crippen molar-refractivity contribution in [1.29, 1.82) is 0 Å². The molecule has 1 aromatic rings. The summed E-state index contributed by atoms with van der Waals surface area (Å²) in [6.45, 7) is 2.45. The van der Waals surface area contributed by atoms with Gasteiger partial charge in [0, 0.05) is 18.8 Å². The molecule has 3 N–H and O–H groups in total. The first-order valence-electron chi connectivity index (χ1n) is 5.86. The van der Waals surface area contributed by atoms with Crippen molar-refractivity contribution in [1.82, 2.24) is 4.57 Å². The van der Waals surface area contributed by atoms with Crippen molar-refractivity contribution in [2.75, 3.05) is 13.2 Å². The molecule has 0 aromatic carbocycles. The van der Waals surface area contributed by atoms with Gasteiger partial charge in [0.2, 0.25) is 0 Å². The van der Waals surface area contributed by atoms with Crippen LogP contribution in [0.25, 0.3) is 0 Å². The Morgan fingerprint density at radius 2 is 2.16 bits per heavy atom. The molecule has 0 bridgehead atoms. The molecule has 0 saturated carbocycles. The van der Waals surface area contributed by atoms with E-state index in [0.29, 0.717) is 19.5 Å². The number of nitrogens with zero attached hydrogens (tertiary/aromatic N) is 1. The summed E-state index contributed by atoms with van der Waals surface area (Å²) in [7, 11) is 0. The molecule has 1 rings (SSSR count). The van der Waals surface area contributed by atoms with E-state index in [1.165, 1.54) is 10.8 Å². The highest BCUT2D eigenvalue weighted by Gasteiger charge is 2.17. The minimum absolute atomic E-state index is 0.141. The molecule has 7 heteroatoms. The molecule has 0 unspecified atom stereocenters. The summed E-state index contributed by atoms with van der Waals surface area (Å²) in [6.07, 6.45) is 1.74. The van der Waals surface area contributed by atoms with Gasteiger partial charge < -0.3 is 20.1 Å². The number of aromatic nitrogens is 1. The van der Waals surface area contributed by atoms with Crippen molar-refractivity contribution in [2.24, 2.45) is 5.73 Å². The van der Waals surface area contributed by atoms with Crippen LogP contribution in [0.1, 0.15) is 34.2 Å². The van der Waals surface area contributed by atoms with Crippen molar-refractivity contribution < 1.29 is 19.4 Å². The van der Waals surface area contributed by atoms with Gasteiger partial charge in [0.05, 0.1) is 6.61 Å².